The molecule has 0 saturated carbocycles. The van der Waals surface area contributed by atoms with Crippen molar-refractivity contribution in [3.05, 3.63) is 41.9 Å². The van der Waals surface area contributed by atoms with Gasteiger partial charge in [-0.2, -0.15) is 9.35 Å². The summed E-state index contributed by atoms with van der Waals surface area (Å²) in [6, 6.07) is 4.57. The Morgan fingerprint density at radius 2 is 2.00 bits per heavy atom. The molecular weight excluding hydrogens is 378 g/mol. The number of hydrogen-bond acceptors (Lipinski definition) is 8. The molecule has 4 heterocycles. The third kappa shape index (κ3) is 4.59. The molecule has 2 aromatic heterocycles. The van der Waals surface area contributed by atoms with E-state index in [-0.39, 0.29) is 12.4 Å². The second kappa shape index (κ2) is 7.58. The van der Waals surface area contributed by atoms with E-state index in [1.54, 1.807) is 0 Å². The highest BCUT2D eigenvalue weighted by Crippen LogP contribution is 2.37. The Hall–Kier alpha value is -2.57. The number of urea groups is 1. The number of carbonyl (C=O) groups is 1. The molecule has 2 aliphatic heterocycles. The van der Waals surface area contributed by atoms with Crippen molar-refractivity contribution < 1.29 is 31.5 Å². The molecule has 12 heteroatoms. The number of hydrogen-bond donors (Lipinski definition) is 0. The molecule has 27 heavy (non-hydrogen) atoms. The zero-order valence-electron chi connectivity index (χ0n) is 14.7. The van der Waals surface area contributed by atoms with E-state index in [2.05, 4.69) is 19.5 Å². The average molecular weight is 397 g/mol. The molecule has 146 valence electrons. The summed E-state index contributed by atoms with van der Waals surface area (Å²) in [5.41, 5.74) is 2.43. The monoisotopic (exact) mass is 397 g/mol. The molecule has 0 unspecified atom stereocenters. The van der Waals surface area contributed by atoms with Crippen molar-refractivity contribution in [2.24, 2.45) is 0 Å². The number of nitrogens with one attached hydrogen (secondary N) is 1. The summed E-state index contributed by atoms with van der Waals surface area (Å²) in [6.07, 6.45) is 2.15. The minimum atomic E-state index is -4.97. The number of pyridine rings is 1. The second-order valence-electron chi connectivity index (χ2n) is 6.28. The van der Waals surface area contributed by atoms with Gasteiger partial charge in [-0.15, -0.1) is 10.2 Å². The number of hydroxylamine groups is 2. The van der Waals surface area contributed by atoms with E-state index in [1.807, 2.05) is 32.0 Å². The van der Waals surface area contributed by atoms with Gasteiger partial charge in [0.05, 0.1) is 6.04 Å². The van der Waals surface area contributed by atoms with Crippen LogP contribution >= 0.6 is 0 Å². The summed E-state index contributed by atoms with van der Waals surface area (Å²) in [6.45, 7) is 4.35. The Labute approximate surface area is 155 Å². The average Bonchev–Trinajstić information content (AvgIpc) is 3.19. The van der Waals surface area contributed by atoms with Gasteiger partial charge in [-0.05, 0) is 18.9 Å². The lowest BCUT2D eigenvalue weighted by Gasteiger charge is -2.27. The molecule has 11 nitrogen and oxygen atoms in total. The zero-order valence-corrected chi connectivity index (χ0v) is 15.5. The van der Waals surface area contributed by atoms with Crippen LogP contribution < -0.4 is 4.98 Å². The van der Waals surface area contributed by atoms with E-state index >= 15 is 0 Å². The van der Waals surface area contributed by atoms with Crippen molar-refractivity contribution >= 4 is 16.4 Å². The number of rotatable bonds is 3. The lowest BCUT2D eigenvalue weighted by Crippen LogP contribution is -2.35. The third-order valence-corrected chi connectivity index (χ3v) is 4.59. The van der Waals surface area contributed by atoms with Gasteiger partial charge in [-0.3, -0.25) is 0 Å². The minimum absolute atomic E-state index is 0.251. The number of aryl methyl sites for hydroxylation is 2. The molecule has 2 atom stereocenters. The normalized spacial score (nSPS) is 21.8. The molecule has 2 aromatic rings. The molecular formula is C15H19N5O6S. The van der Waals surface area contributed by atoms with Gasteiger partial charge < -0.3 is 13.9 Å². The van der Waals surface area contributed by atoms with Gasteiger partial charge in [-0.25, -0.2) is 18.2 Å². The first-order valence-corrected chi connectivity index (χ1v) is 9.55. The molecule has 2 fully saturated rings. The molecule has 2 aliphatic rings. The lowest BCUT2D eigenvalue weighted by atomic mass is 10.0. The predicted octanol–water partition coefficient (Wildman–Crippen LogP) is 0.520. The van der Waals surface area contributed by atoms with Crippen LogP contribution in [0.1, 0.15) is 36.2 Å². The highest BCUT2D eigenvalue weighted by atomic mass is 32.3. The van der Waals surface area contributed by atoms with Gasteiger partial charge in [-0.1, -0.05) is 0 Å². The number of nitrogens with zero attached hydrogens (tertiary/aromatic N) is 4. The van der Waals surface area contributed by atoms with Crippen LogP contribution in [0, 0.1) is 13.8 Å². The molecule has 0 radical (unpaired) electrons. The molecule has 2 amide bonds. The van der Waals surface area contributed by atoms with Gasteiger partial charge in [0.1, 0.15) is 6.04 Å². The van der Waals surface area contributed by atoms with Crippen LogP contribution in [0.5, 0.6) is 0 Å². The largest absolute Gasteiger partial charge is 0.724 e. The van der Waals surface area contributed by atoms with Crippen molar-refractivity contribution in [1.29, 1.82) is 0 Å². The van der Waals surface area contributed by atoms with E-state index in [0.717, 1.165) is 6.39 Å². The summed E-state index contributed by atoms with van der Waals surface area (Å²) >= 11 is 0. The summed E-state index contributed by atoms with van der Waals surface area (Å²) in [5.74, 6) is 0.277. The van der Waals surface area contributed by atoms with Crippen molar-refractivity contribution in [2.75, 3.05) is 6.54 Å². The van der Waals surface area contributed by atoms with Gasteiger partial charge in [0.25, 0.3) is 0 Å². The van der Waals surface area contributed by atoms with Crippen molar-refractivity contribution in [3.63, 3.8) is 0 Å². The van der Waals surface area contributed by atoms with Gasteiger partial charge >= 0.3 is 6.03 Å². The summed E-state index contributed by atoms with van der Waals surface area (Å²) in [5, 5.41) is 7.89. The number of H-pyrrole nitrogens is 1. The van der Waals surface area contributed by atoms with E-state index in [0.29, 0.717) is 17.9 Å². The van der Waals surface area contributed by atoms with E-state index in [9.17, 15) is 17.8 Å². The van der Waals surface area contributed by atoms with Crippen LogP contribution in [-0.2, 0) is 14.7 Å². The number of aromatic amines is 1. The molecule has 2 bridgehead atoms. The van der Waals surface area contributed by atoms with Crippen LogP contribution in [0.2, 0.25) is 0 Å². The summed E-state index contributed by atoms with van der Waals surface area (Å²) in [7, 11) is -4.97. The van der Waals surface area contributed by atoms with Crippen LogP contribution in [0.15, 0.2) is 29.0 Å². The molecule has 0 aromatic carbocycles. The van der Waals surface area contributed by atoms with Crippen LogP contribution in [-0.4, -0.2) is 51.7 Å². The topological polar surface area (TPSA) is 143 Å². The maximum Gasteiger partial charge on any atom is 0.346 e. The zero-order chi connectivity index (χ0) is 19.6. The Bertz CT molecular complexity index is 886. The van der Waals surface area contributed by atoms with Crippen LogP contribution in [0.25, 0.3) is 0 Å². The minimum Gasteiger partial charge on any atom is -0.724 e. The first-order chi connectivity index (χ1) is 12.7. The highest BCUT2D eigenvalue weighted by molar-refractivity contribution is 7.80. The fourth-order valence-corrected chi connectivity index (χ4v) is 3.53. The highest BCUT2D eigenvalue weighted by Gasteiger charge is 2.48. The first-order valence-electron chi connectivity index (χ1n) is 8.21. The molecule has 4 rings (SSSR count). The Morgan fingerprint density at radius 1 is 1.30 bits per heavy atom. The Morgan fingerprint density at radius 3 is 2.52 bits per heavy atom. The van der Waals surface area contributed by atoms with Gasteiger partial charge in [0, 0.05) is 32.5 Å². The third-order valence-electron chi connectivity index (χ3n) is 4.24. The summed E-state index contributed by atoms with van der Waals surface area (Å²) in [4.78, 5) is 16.5. The van der Waals surface area contributed by atoms with Crippen molar-refractivity contribution in [2.45, 2.75) is 38.8 Å². The number of aromatic nitrogens is 3. The second-order valence-corrected chi connectivity index (χ2v) is 7.25. The van der Waals surface area contributed by atoms with Gasteiger partial charge in [0.2, 0.25) is 22.7 Å². The quantitative estimate of drug-likeness (QED) is 0.539. The number of amides is 2. The van der Waals surface area contributed by atoms with E-state index in [4.69, 9.17) is 4.42 Å². The Kier molecular flexibility index (Phi) is 5.39. The molecule has 0 aliphatic carbocycles. The number of fused-ring (bicyclic) bond motifs is 2. The summed E-state index contributed by atoms with van der Waals surface area (Å²) < 4.78 is 41.0. The van der Waals surface area contributed by atoms with Crippen LogP contribution in [0.4, 0.5) is 4.79 Å². The number of carbonyl (C=O) groups excluding carboxylic acids is 1. The van der Waals surface area contributed by atoms with Crippen LogP contribution in [0.3, 0.4) is 0 Å². The van der Waals surface area contributed by atoms with Crippen molar-refractivity contribution in [3.8, 4) is 0 Å². The Balaban J connectivity index is 0.000000221. The number of piperidine rings is 1. The molecule has 1 N–H and O–H groups in total. The lowest BCUT2D eigenvalue weighted by molar-refractivity contribution is -0.396. The maximum atomic E-state index is 12.0. The van der Waals surface area contributed by atoms with E-state index < -0.39 is 28.5 Å². The fraction of sp³-hybridized carbons (Fsp3) is 0.467. The first kappa shape index (κ1) is 19.2. The van der Waals surface area contributed by atoms with Crippen molar-refractivity contribution in [1.82, 2.24) is 20.2 Å². The maximum absolute atomic E-state index is 12.0. The fourth-order valence-electron chi connectivity index (χ4n) is 3.14. The predicted molar refractivity (Wildman–Crippen MR) is 87.3 cm³/mol. The molecule has 2 saturated heterocycles. The van der Waals surface area contributed by atoms with E-state index in [1.165, 1.54) is 16.3 Å². The SMILES string of the molecule is Cc1cccc(C)[nH+]1.O=C1N2C[C@@H](CC[C@H]2c2nnco2)N1OS(=O)(=O)[O-]. The standard InChI is InChI=1S/C8H10N4O6S.C7H9N/c13-8-11-3-5(12(8)18-19(14,15)16)1-2-6(11)7-10-9-4-17-7;1-6-4-3-5-7(2)8-6/h4-6H,1-3H2,(H,14,15,16);3-5H,1-2H3/t5-,6+;/m1./s1. The molecule has 0 spiro atoms. The van der Waals surface area contributed by atoms with Gasteiger partial charge in [0.15, 0.2) is 11.4 Å². The smallest absolute Gasteiger partial charge is 0.346 e.